The maximum atomic E-state index is 13.1. The third-order valence-corrected chi connectivity index (χ3v) is 12.2. The van der Waals surface area contributed by atoms with Crippen LogP contribution in [0.15, 0.2) is 0 Å². The van der Waals surface area contributed by atoms with Gasteiger partial charge >= 0.3 is 0 Å². The van der Waals surface area contributed by atoms with Gasteiger partial charge in [0.05, 0.1) is 37.1 Å². The SMILES string of the molecule is CCN1[C@H]2O[C@@H]3CC[C@]2(COC)[C@H]2[C@H](OC)[C@@]4(OC)[C@@H]1[C@]23[C@H]1C[C@H]2[C@H](OC)[C@@H]1[C@@]4(O)C[C@@H]2OC. The summed E-state index contributed by atoms with van der Waals surface area (Å²) in [5, 5.41) is 13.1. The number of likely N-dealkylation sites (N-methyl/N-ethyl adjacent to an activating group) is 1. The van der Waals surface area contributed by atoms with Crippen LogP contribution in [-0.2, 0) is 28.4 Å². The largest absolute Gasteiger partial charge is 0.386 e. The minimum Gasteiger partial charge on any atom is -0.386 e. The lowest BCUT2D eigenvalue weighted by Crippen LogP contribution is -2.87. The first kappa shape index (κ1) is 22.8. The molecule has 4 heterocycles. The van der Waals surface area contributed by atoms with Crippen molar-refractivity contribution in [3.8, 4) is 0 Å². The number of rotatable bonds is 7. The Morgan fingerprint density at radius 2 is 1.88 bits per heavy atom. The smallest absolute Gasteiger partial charge is 0.139 e. The molecule has 8 nitrogen and oxygen atoms in total. The van der Waals surface area contributed by atoms with Gasteiger partial charge in [-0.3, -0.25) is 4.90 Å². The van der Waals surface area contributed by atoms with Gasteiger partial charge in [0.2, 0.25) is 0 Å². The van der Waals surface area contributed by atoms with Crippen molar-refractivity contribution in [2.45, 2.75) is 80.5 Å². The molecule has 9 bridgehead atoms. The number of piperidine rings is 1. The van der Waals surface area contributed by atoms with Crippen LogP contribution in [0.5, 0.6) is 0 Å². The van der Waals surface area contributed by atoms with Crippen LogP contribution < -0.4 is 0 Å². The molecule has 8 heteroatoms. The van der Waals surface area contributed by atoms with E-state index in [1.54, 1.807) is 21.3 Å². The van der Waals surface area contributed by atoms with Gasteiger partial charge in [0.25, 0.3) is 0 Å². The highest BCUT2D eigenvalue weighted by Crippen LogP contribution is 2.84. The summed E-state index contributed by atoms with van der Waals surface area (Å²) in [6.07, 6.45) is 3.30. The average molecular weight is 480 g/mol. The van der Waals surface area contributed by atoms with E-state index in [1.807, 2.05) is 14.2 Å². The third-order valence-electron chi connectivity index (χ3n) is 12.2. The Morgan fingerprint density at radius 3 is 2.50 bits per heavy atom. The number of aliphatic hydroxyl groups is 1. The van der Waals surface area contributed by atoms with Gasteiger partial charge in [-0.2, -0.15) is 0 Å². The highest BCUT2D eigenvalue weighted by Gasteiger charge is 2.95. The summed E-state index contributed by atoms with van der Waals surface area (Å²) in [6, 6.07) is 0.0251. The Hall–Kier alpha value is -0.320. The number of fused-ring (bicyclic) bond motifs is 3. The Labute approximate surface area is 202 Å². The van der Waals surface area contributed by atoms with E-state index in [9.17, 15) is 5.11 Å². The molecule has 4 aliphatic heterocycles. The Balaban J connectivity index is 1.56. The van der Waals surface area contributed by atoms with Crippen LogP contribution in [0.2, 0.25) is 0 Å². The van der Waals surface area contributed by atoms with Crippen LogP contribution >= 0.6 is 0 Å². The van der Waals surface area contributed by atoms with Crippen molar-refractivity contribution < 1.29 is 33.5 Å². The lowest BCUT2D eigenvalue weighted by Gasteiger charge is -2.76. The summed E-state index contributed by atoms with van der Waals surface area (Å²) in [5.74, 6) is 0.680. The second-order valence-electron chi connectivity index (χ2n) is 12.2. The molecule has 1 N–H and O–H groups in total. The zero-order chi connectivity index (χ0) is 23.8. The highest BCUT2D eigenvalue weighted by atomic mass is 16.6. The molecule has 9 rings (SSSR count). The van der Waals surface area contributed by atoms with E-state index >= 15 is 0 Å². The first-order valence-corrected chi connectivity index (χ1v) is 13.2. The molecule has 0 aromatic heterocycles. The van der Waals surface area contributed by atoms with Crippen LogP contribution in [0.1, 0.15) is 32.6 Å². The zero-order valence-electron chi connectivity index (χ0n) is 21.4. The van der Waals surface area contributed by atoms with Gasteiger partial charge in [-0.25, -0.2) is 0 Å². The third kappa shape index (κ3) is 1.92. The molecular formula is C26H41NO7. The quantitative estimate of drug-likeness (QED) is 0.585. The molecule has 0 amide bonds. The van der Waals surface area contributed by atoms with Gasteiger partial charge < -0.3 is 33.5 Å². The average Bonchev–Trinajstić information content (AvgIpc) is 3.31. The fourth-order valence-electron chi connectivity index (χ4n) is 11.9. The number of hydrogen-bond donors (Lipinski definition) is 1. The Morgan fingerprint density at radius 1 is 1.09 bits per heavy atom. The van der Waals surface area contributed by atoms with E-state index in [0.29, 0.717) is 13.0 Å². The van der Waals surface area contributed by atoms with Gasteiger partial charge in [0, 0.05) is 70.6 Å². The van der Waals surface area contributed by atoms with Crippen LogP contribution in [0, 0.1) is 34.5 Å². The summed E-state index contributed by atoms with van der Waals surface area (Å²) in [7, 11) is 8.97. The summed E-state index contributed by atoms with van der Waals surface area (Å²) >= 11 is 0. The zero-order valence-corrected chi connectivity index (χ0v) is 21.4. The Bertz CT molecular complexity index is 870. The van der Waals surface area contributed by atoms with Crippen molar-refractivity contribution in [2.24, 2.45) is 34.5 Å². The molecule has 14 atom stereocenters. The standard InChI is InChI=1S/C26H41NO7/c1-7-27-21-25-14-10-13-15(30-3)11-24(28,17(14)18(13)31-4)26(21,33-6)20(32-5)19(25)23(12-29-2)9-8-16(25)34-22(23)27/h13-22,28H,7-12H2,1-6H3/t13-,14+,15+,16-,17-,18+,19-,20+,21+,22+,23+,24+,25+,26-/m1/s1. The first-order valence-electron chi connectivity index (χ1n) is 13.2. The molecule has 9 fully saturated rings. The van der Waals surface area contributed by atoms with Crippen molar-refractivity contribution >= 4 is 0 Å². The summed E-state index contributed by atoms with van der Waals surface area (Å²) in [5.41, 5.74) is -2.39. The van der Waals surface area contributed by atoms with Gasteiger partial charge in [-0.1, -0.05) is 6.92 Å². The maximum Gasteiger partial charge on any atom is 0.139 e. The first-order chi connectivity index (χ1) is 16.4. The fraction of sp³-hybridized carbons (Fsp3) is 1.00. The number of nitrogens with zero attached hydrogens (tertiary/aromatic N) is 1. The van der Waals surface area contributed by atoms with Crippen LogP contribution in [0.4, 0.5) is 0 Å². The van der Waals surface area contributed by atoms with Crippen LogP contribution in [0.3, 0.4) is 0 Å². The normalized spacial score (nSPS) is 62.6. The van der Waals surface area contributed by atoms with Gasteiger partial charge in [0.1, 0.15) is 17.4 Å². The lowest BCUT2D eigenvalue weighted by atomic mass is 9.41. The van der Waals surface area contributed by atoms with Crippen LogP contribution in [-0.4, -0.2) is 107 Å². The van der Waals surface area contributed by atoms with Crippen molar-refractivity contribution in [3.63, 3.8) is 0 Å². The monoisotopic (exact) mass is 479 g/mol. The van der Waals surface area contributed by atoms with Crippen molar-refractivity contribution in [1.82, 2.24) is 4.90 Å². The number of ether oxygens (including phenoxy) is 6. The van der Waals surface area contributed by atoms with E-state index in [0.717, 1.165) is 25.8 Å². The molecular weight excluding hydrogens is 438 g/mol. The highest BCUT2D eigenvalue weighted by molar-refractivity contribution is 5.43. The van der Waals surface area contributed by atoms with Gasteiger partial charge in [-0.05, 0) is 31.7 Å². The van der Waals surface area contributed by atoms with Crippen molar-refractivity contribution in [2.75, 3.05) is 48.7 Å². The fourth-order valence-corrected chi connectivity index (χ4v) is 11.9. The molecule has 0 unspecified atom stereocenters. The molecule has 9 aliphatic rings. The minimum absolute atomic E-state index is 0.0251. The molecule has 34 heavy (non-hydrogen) atoms. The second-order valence-corrected chi connectivity index (χ2v) is 12.2. The molecule has 5 aliphatic carbocycles. The number of hydrogen-bond acceptors (Lipinski definition) is 8. The molecule has 5 saturated carbocycles. The second kappa shape index (κ2) is 6.95. The molecule has 0 radical (unpaired) electrons. The molecule has 0 aromatic carbocycles. The molecule has 0 aromatic rings. The van der Waals surface area contributed by atoms with Crippen molar-refractivity contribution in [1.29, 1.82) is 0 Å². The molecule has 192 valence electrons. The van der Waals surface area contributed by atoms with Crippen molar-refractivity contribution in [3.05, 3.63) is 0 Å². The minimum atomic E-state index is -1.13. The lowest BCUT2D eigenvalue weighted by molar-refractivity contribution is -0.412. The van der Waals surface area contributed by atoms with Gasteiger partial charge in [-0.15, -0.1) is 0 Å². The predicted molar refractivity (Wildman–Crippen MR) is 121 cm³/mol. The van der Waals surface area contributed by atoms with E-state index in [1.165, 1.54) is 0 Å². The summed E-state index contributed by atoms with van der Waals surface area (Å²) in [4.78, 5) is 2.52. The molecule has 1 spiro atoms. The molecule has 4 saturated heterocycles. The Kier molecular flexibility index (Phi) is 4.67. The van der Waals surface area contributed by atoms with E-state index in [4.69, 9.17) is 28.4 Å². The van der Waals surface area contributed by atoms with E-state index in [2.05, 4.69) is 11.8 Å². The topological polar surface area (TPSA) is 78.9 Å². The van der Waals surface area contributed by atoms with E-state index < -0.39 is 11.2 Å². The van der Waals surface area contributed by atoms with E-state index in [-0.39, 0.29) is 71.2 Å². The maximum absolute atomic E-state index is 13.1. The number of methoxy groups -OCH3 is 5. The predicted octanol–water partition coefficient (Wildman–Crippen LogP) is 1.29. The summed E-state index contributed by atoms with van der Waals surface area (Å²) < 4.78 is 38.5. The summed E-state index contributed by atoms with van der Waals surface area (Å²) in [6.45, 7) is 3.68. The van der Waals surface area contributed by atoms with Crippen LogP contribution in [0.25, 0.3) is 0 Å². The van der Waals surface area contributed by atoms with Gasteiger partial charge in [0.15, 0.2) is 0 Å².